The first-order chi connectivity index (χ1) is 6.97. The second-order valence-corrected chi connectivity index (χ2v) is 5.02. The van der Waals surface area contributed by atoms with Crippen LogP contribution in [0.2, 0.25) is 5.02 Å². The molecule has 3 nitrogen and oxygen atoms in total. The Kier molecular flexibility index (Phi) is 4.64. The highest BCUT2D eigenvalue weighted by Crippen LogP contribution is 2.42. The number of nitrogens with two attached hydrogens (primary N) is 1. The van der Waals surface area contributed by atoms with Gasteiger partial charge in [0.15, 0.2) is 5.11 Å². The van der Waals surface area contributed by atoms with Crippen LogP contribution in [0.4, 0.5) is 5.69 Å². The molecule has 0 aliphatic rings. The number of anilines is 1. The predicted octanol–water partition coefficient (Wildman–Crippen LogP) is 3.53. The van der Waals surface area contributed by atoms with Gasteiger partial charge >= 0.3 is 0 Å². The quantitative estimate of drug-likeness (QED) is 0.614. The molecule has 0 aliphatic heterocycles. The second kappa shape index (κ2) is 5.34. The smallest absolute Gasteiger partial charge is 0.168 e. The van der Waals surface area contributed by atoms with Crippen molar-refractivity contribution in [2.24, 2.45) is 5.73 Å². The summed E-state index contributed by atoms with van der Waals surface area (Å²) in [5, 5.41) is 3.46. The summed E-state index contributed by atoms with van der Waals surface area (Å²) in [6.07, 6.45) is 0. The highest BCUT2D eigenvalue weighted by molar-refractivity contribution is 9.11. The Bertz CT molecular complexity index is 414. The zero-order chi connectivity index (χ0) is 11.6. The summed E-state index contributed by atoms with van der Waals surface area (Å²) in [7, 11) is 1.55. The van der Waals surface area contributed by atoms with Crippen molar-refractivity contribution in [1.29, 1.82) is 0 Å². The Labute approximate surface area is 115 Å². The van der Waals surface area contributed by atoms with E-state index in [-0.39, 0.29) is 5.11 Å². The van der Waals surface area contributed by atoms with Crippen LogP contribution < -0.4 is 15.8 Å². The molecule has 0 fully saturated rings. The lowest BCUT2D eigenvalue weighted by atomic mass is 10.3. The Balaban J connectivity index is 3.33. The molecule has 0 radical (unpaired) electrons. The summed E-state index contributed by atoms with van der Waals surface area (Å²) in [4.78, 5) is 0. The second-order valence-electron chi connectivity index (χ2n) is 2.55. The van der Waals surface area contributed by atoms with E-state index in [4.69, 9.17) is 34.3 Å². The molecule has 15 heavy (non-hydrogen) atoms. The minimum Gasteiger partial charge on any atom is -0.494 e. The molecule has 0 bridgehead atoms. The van der Waals surface area contributed by atoms with Crippen molar-refractivity contribution >= 4 is 66.5 Å². The number of halogens is 3. The van der Waals surface area contributed by atoms with E-state index in [0.717, 1.165) is 4.47 Å². The standard InChI is InChI=1S/C8H7Br2ClN2OS/c1-14-4-2-3(9)6(11)5(10)7(4)13-8(12)15/h2H,1H3,(H3,12,13,15). The molecule has 0 saturated carbocycles. The van der Waals surface area contributed by atoms with Gasteiger partial charge in [-0.3, -0.25) is 0 Å². The molecule has 1 rings (SSSR count). The third-order valence-electron chi connectivity index (χ3n) is 1.59. The lowest BCUT2D eigenvalue weighted by molar-refractivity contribution is 0.416. The molecular formula is C8H7Br2ClN2OS. The maximum atomic E-state index is 6.02. The summed E-state index contributed by atoms with van der Waals surface area (Å²) in [6, 6.07) is 1.73. The monoisotopic (exact) mass is 372 g/mol. The lowest BCUT2D eigenvalue weighted by Crippen LogP contribution is -2.19. The Morgan fingerprint density at radius 2 is 2.20 bits per heavy atom. The summed E-state index contributed by atoms with van der Waals surface area (Å²) in [6.45, 7) is 0. The topological polar surface area (TPSA) is 47.3 Å². The van der Waals surface area contributed by atoms with Gasteiger partial charge in [-0.05, 0) is 50.1 Å². The summed E-state index contributed by atoms with van der Waals surface area (Å²) in [5.41, 5.74) is 6.00. The lowest BCUT2D eigenvalue weighted by Gasteiger charge is -2.14. The van der Waals surface area contributed by atoms with Gasteiger partial charge in [-0.15, -0.1) is 0 Å². The van der Waals surface area contributed by atoms with Crippen LogP contribution >= 0.6 is 55.7 Å². The summed E-state index contributed by atoms with van der Waals surface area (Å²) in [5.74, 6) is 0.589. The molecule has 7 heteroatoms. The molecular weight excluding hydrogens is 367 g/mol. The molecule has 1 aromatic rings. The highest BCUT2D eigenvalue weighted by atomic mass is 79.9. The highest BCUT2D eigenvalue weighted by Gasteiger charge is 2.14. The van der Waals surface area contributed by atoms with Crippen LogP contribution in [0.5, 0.6) is 5.75 Å². The fourth-order valence-corrected chi connectivity index (χ4v) is 2.41. The zero-order valence-corrected chi connectivity index (χ0v) is 12.3. The van der Waals surface area contributed by atoms with Crippen molar-refractivity contribution in [3.63, 3.8) is 0 Å². The molecule has 0 unspecified atom stereocenters. The van der Waals surface area contributed by atoms with Gasteiger partial charge < -0.3 is 15.8 Å². The number of thiocarbonyl (C=S) groups is 1. The van der Waals surface area contributed by atoms with E-state index >= 15 is 0 Å². The molecule has 0 atom stereocenters. The van der Waals surface area contributed by atoms with E-state index in [9.17, 15) is 0 Å². The van der Waals surface area contributed by atoms with Crippen LogP contribution in [0.1, 0.15) is 0 Å². The van der Waals surface area contributed by atoms with E-state index in [2.05, 4.69) is 37.2 Å². The molecule has 1 aromatic carbocycles. The van der Waals surface area contributed by atoms with Crippen molar-refractivity contribution < 1.29 is 4.74 Å². The molecule has 0 amide bonds. The maximum Gasteiger partial charge on any atom is 0.168 e. The van der Waals surface area contributed by atoms with E-state index in [1.165, 1.54) is 0 Å². The molecule has 0 aliphatic carbocycles. The van der Waals surface area contributed by atoms with Gasteiger partial charge in [0, 0.05) is 4.47 Å². The van der Waals surface area contributed by atoms with Crippen molar-refractivity contribution in [2.45, 2.75) is 0 Å². The first kappa shape index (κ1) is 13.0. The number of hydrogen-bond donors (Lipinski definition) is 2. The van der Waals surface area contributed by atoms with Crippen LogP contribution in [-0.2, 0) is 0 Å². The maximum absolute atomic E-state index is 6.02. The third-order valence-corrected chi connectivity index (χ3v) is 3.96. The van der Waals surface area contributed by atoms with Crippen LogP contribution in [0, 0.1) is 0 Å². The fourth-order valence-electron chi connectivity index (χ4n) is 0.974. The first-order valence-electron chi connectivity index (χ1n) is 3.75. The van der Waals surface area contributed by atoms with Gasteiger partial charge in [0.2, 0.25) is 0 Å². The third kappa shape index (κ3) is 2.96. The van der Waals surface area contributed by atoms with Crippen molar-refractivity contribution in [3.8, 4) is 5.75 Å². The van der Waals surface area contributed by atoms with Gasteiger partial charge in [-0.2, -0.15) is 0 Å². The number of nitrogens with one attached hydrogen (secondary N) is 1. The minimum absolute atomic E-state index is 0.146. The molecule has 82 valence electrons. The van der Waals surface area contributed by atoms with Crippen molar-refractivity contribution in [1.82, 2.24) is 0 Å². The van der Waals surface area contributed by atoms with Gasteiger partial charge in [0.05, 0.1) is 22.3 Å². The fraction of sp³-hybridized carbons (Fsp3) is 0.125. The van der Waals surface area contributed by atoms with Crippen LogP contribution in [0.3, 0.4) is 0 Å². The largest absolute Gasteiger partial charge is 0.494 e. The molecule has 0 spiro atoms. The Hall–Kier alpha value is -0.0400. The summed E-state index contributed by atoms with van der Waals surface area (Å²) >= 11 is 17.4. The van der Waals surface area contributed by atoms with Crippen LogP contribution in [0.15, 0.2) is 15.0 Å². The van der Waals surface area contributed by atoms with Gasteiger partial charge in [0.25, 0.3) is 0 Å². The average molecular weight is 374 g/mol. The molecule has 0 saturated heterocycles. The number of hydrogen-bond acceptors (Lipinski definition) is 2. The number of rotatable bonds is 2. The first-order valence-corrected chi connectivity index (χ1v) is 6.12. The van der Waals surface area contributed by atoms with Crippen molar-refractivity contribution in [2.75, 3.05) is 12.4 Å². The normalized spacial score (nSPS) is 9.87. The van der Waals surface area contributed by atoms with Gasteiger partial charge in [-0.1, -0.05) is 11.6 Å². The van der Waals surface area contributed by atoms with Crippen molar-refractivity contribution in [3.05, 3.63) is 20.0 Å². The van der Waals surface area contributed by atoms with E-state index in [0.29, 0.717) is 20.9 Å². The number of methoxy groups -OCH3 is 1. The SMILES string of the molecule is COc1cc(Br)c(Cl)c(Br)c1NC(N)=S. The molecule has 0 heterocycles. The minimum atomic E-state index is 0.146. The van der Waals surface area contributed by atoms with Gasteiger partial charge in [-0.25, -0.2) is 0 Å². The summed E-state index contributed by atoms with van der Waals surface area (Å²) < 4.78 is 6.53. The van der Waals surface area contributed by atoms with E-state index < -0.39 is 0 Å². The van der Waals surface area contributed by atoms with E-state index in [1.54, 1.807) is 13.2 Å². The molecule has 3 N–H and O–H groups in total. The van der Waals surface area contributed by atoms with Gasteiger partial charge in [0.1, 0.15) is 5.75 Å². The van der Waals surface area contributed by atoms with E-state index in [1.807, 2.05) is 0 Å². The molecule has 0 aromatic heterocycles. The van der Waals surface area contributed by atoms with Crippen LogP contribution in [0.25, 0.3) is 0 Å². The number of ether oxygens (including phenoxy) is 1. The Morgan fingerprint density at radius 1 is 1.60 bits per heavy atom. The zero-order valence-electron chi connectivity index (χ0n) is 7.61. The average Bonchev–Trinajstić information content (AvgIpc) is 2.18. The van der Waals surface area contributed by atoms with Crippen LogP contribution in [-0.4, -0.2) is 12.2 Å². The Morgan fingerprint density at radius 3 is 2.67 bits per heavy atom. The number of benzene rings is 1. The predicted molar refractivity (Wildman–Crippen MR) is 73.8 cm³/mol.